The van der Waals surface area contributed by atoms with Crippen molar-refractivity contribution in [3.8, 4) is 5.82 Å². The van der Waals surface area contributed by atoms with E-state index in [0.717, 1.165) is 5.82 Å². The van der Waals surface area contributed by atoms with Gasteiger partial charge >= 0.3 is 0 Å². The Morgan fingerprint density at radius 2 is 1.55 bits per heavy atom. The number of fused-ring (bicyclic) bond motifs is 1. The largest absolute Gasteiger partial charge is 0.288 e. The quantitative estimate of drug-likeness (QED) is 0.519. The van der Waals surface area contributed by atoms with Crippen LogP contribution in [-0.2, 0) is 0 Å². The Hall–Kier alpha value is -2.52. The maximum Gasteiger partial charge on any atom is 0.137 e. The minimum atomic E-state index is 0.946. The first kappa shape index (κ1) is 13.2. The van der Waals surface area contributed by atoms with E-state index >= 15 is 0 Å². The second kappa shape index (κ2) is 5.70. The van der Waals surface area contributed by atoms with Gasteiger partial charge in [-0.1, -0.05) is 54.2 Å². The predicted molar refractivity (Wildman–Crippen MR) is 91.6 cm³/mol. The van der Waals surface area contributed by atoms with Crippen LogP contribution in [0, 0.1) is 0 Å². The van der Waals surface area contributed by atoms with Crippen LogP contribution >= 0.6 is 11.8 Å². The molecule has 0 saturated carbocycles. The molecule has 4 aromatic rings. The molecule has 0 atom stereocenters. The second-order valence-corrected chi connectivity index (χ2v) is 6.07. The zero-order valence-electron chi connectivity index (χ0n) is 11.9. The summed E-state index contributed by atoms with van der Waals surface area (Å²) in [5, 5.41) is 2.40. The Morgan fingerprint density at radius 1 is 0.773 bits per heavy atom. The molecule has 0 N–H and O–H groups in total. The summed E-state index contributed by atoms with van der Waals surface area (Å²) in [5.41, 5.74) is 1.18. The first-order chi connectivity index (χ1) is 10.9. The fourth-order valence-corrected chi connectivity index (χ4v) is 3.54. The van der Waals surface area contributed by atoms with E-state index < -0.39 is 0 Å². The minimum Gasteiger partial charge on any atom is -0.288 e. The average Bonchev–Trinajstić information content (AvgIpc) is 2.94. The van der Waals surface area contributed by atoms with Gasteiger partial charge in [0.15, 0.2) is 0 Å². The molecule has 2 nitrogen and oxygen atoms in total. The van der Waals surface area contributed by atoms with Gasteiger partial charge in [-0.3, -0.25) is 4.57 Å². The van der Waals surface area contributed by atoms with Gasteiger partial charge in [0.25, 0.3) is 0 Å². The molecule has 0 bridgehead atoms. The SMILES string of the molecule is c1ccc(Sc2cc3ccccc3n2-c2ccccn2)cc1. The van der Waals surface area contributed by atoms with Crippen molar-refractivity contribution in [2.75, 3.05) is 0 Å². The van der Waals surface area contributed by atoms with Gasteiger partial charge in [-0.05, 0) is 36.4 Å². The number of hydrogen-bond donors (Lipinski definition) is 0. The van der Waals surface area contributed by atoms with Crippen molar-refractivity contribution in [1.82, 2.24) is 9.55 Å². The fourth-order valence-electron chi connectivity index (χ4n) is 2.54. The first-order valence-electron chi connectivity index (χ1n) is 7.16. The third-order valence-electron chi connectivity index (χ3n) is 3.52. The average molecular weight is 302 g/mol. The Kier molecular flexibility index (Phi) is 3.41. The summed E-state index contributed by atoms with van der Waals surface area (Å²) >= 11 is 1.76. The van der Waals surface area contributed by atoms with Crippen LogP contribution in [0.2, 0.25) is 0 Å². The van der Waals surface area contributed by atoms with E-state index in [-0.39, 0.29) is 0 Å². The summed E-state index contributed by atoms with van der Waals surface area (Å²) in [4.78, 5) is 5.75. The van der Waals surface area contributed by atoms with Crippen LogP contribution in [0.15, 0.2) is 95.0 Å². The molecule has 3 heteroatoms. The summed E-state index contributed by atoms with van der Waals surface area (Å²) in [6.45, 7) is 0. The monoisotopic (exact) mass is 302 g/mol. The van der Waals surface area contributed by atoms with Crippen LogP contribution in [0.3, 0.4) is 0 Å². The van der Waals surface area contributed by atoms with Crippen LogP contribution in [0.1, 0.15) is 0 Å². The molecule has 0 fully saturated rings. The van der Waals surface area contributed by atoms with Gasteiger partial charge in [-0.2, -0.15) is 0 Å². The van der Waals surface area contributed by atoms with Gasteiger partial charge in [0.2, 0.25) is 0 Å². The standard InChI is InChI=1S/C19H14N2S/c1-2-9-16(10-3-1)22-19-14-15-8-4-5-11-17(15)21(19)18-12-6-7-13-20-18/h1-14H. The van der Waals surface area contributed by atoms with Crippen molar-refractivity contribution < 1.29 is 0 Å². The van der Waals surface area contributed by atoms with E-state index in [0.29, 0.717) is 0 Å². The Morgan fingerprint density at radius 3 is 2.36 bits per heavy atom. The van der Waals surface area contributed by atoms with Crippen LogP contribution in [0.4, 0.5) is 0 Å². The van der Waals surface area contributed by atoms with Crippen LogP contribution < -0.4 is 0 Å². The number of pyridine rings is 1. The number of benzene rings is 2. The predicted octanol–water partition coefficient (Wildman–Crippen LogP) is 5.18. The van der Waals surface area contributed by atoms with Crippen molar-refractivity contribution in [3.63, 3.8) is 0 Å². The summed E-state index contributed by atoms with van der Waals surface area (Å²) in [6, 6.07) is 27.1. The highest BCUT2D eigenvalue weighted by molar-refractivity contribution is 7.99. The second-order valence-electron chi connectivity index (χ2n) is 4.98. The van der Waals surface area contributed by atoms with E-state index in [1.54, 1.807) is 11.8 Å². The molecule has 0 spiro atoms. The van der Waals surface area contributed by atoms with Crippen molar-refractivity contribution in [1.29, 1.82) is 0 Å². The number of para-hydroxylation sites is 1. The number of rotatable bonds is 3. The molecule has 0 radical (unpaired) electrons. The van der Waals surface area contributed by atoms with E-state index in [4.69, 9.17) is 0 Å². The topological polar surface area (TPSA) is 17.8 Å². The molecule has 0 unspecified atom stereocenters. The molecule has 4 rings (SSSR count). The molecule has 0 amide bonds. The maximum absolute atomic E-state index is 4.52. The molecule has 0 aliphatic heterocycles. The first-order valence-corrected chi connectivity index (χ1v) is 7.98. The smallest absolute Gasteiger partial charge is 0.137 e. The van der Waals surface area contributed by atoms with E-state index in [1.807, 2.05) is 30.5 Å². The number of nitrogens with zero attached hydrogens (tertiary/aromatic N) is 2. The van der Waals surface area contributed by atoms with Gasteiger partial charge in [0, 0.05) is 16.5 Å². The number of aromatic nitrogens is 2. The summed E-state index contributed by atoms with van der Waals surface area (Å²) in [5.74, 6) is 0.946. The molecule has 2 heterocycles. The lowest BCUT2D eigenvalue weighted by Gasteiger charge is -2.09. The molecule has 106 valence electrons. The Balaban J connectivity index is 1.90. The molecule has 0 saturated heterocycles. The summed E-state index contributed by atoms with van der Waals surface area (Å²) in [7, 11) is 0. The Labute approximate surface area is 133 Å². The summed E-state index contributed by atoms with van der Waals surface area (Å²) in [6.07, 6.45) is 1.83. The highest BCUT2D eigenvalue weighted by atomic mass is 32.2. The molecular weight excluding hydrogens is 288 g/mol. The normalized spacial score (nSPS) is 10.9. The van der Waals surface area contributed by atoms with Gasteiger partial charge in [-0.25, -0.2) is 4.98 Å². The maximum atomic E-state index is 4.52. The third kappa shape index (κ3) is 2.40. The van der Waals surface area contributed by atoms with Crippen molar-refractivity contribution >= 4 is 22.7 Å². The lowest BCUT2D eigenvalue weighted by molar-refractivity contribution is 0.942. The zero-order chi connectivity index (χ0) is 14.8. The molecule has 22 heavy (non-hydrogen) atoms. The molecule has 2 aromatic heterocycles. The highest BCUT2D eigenvalue weighted by Gasteiger charge is 2.12. The van der Waals surface area contributed by atoms with E-state index in [1.165, 1.54) is 20.8 Å². The fraction of sp³-hybridized carbons (Fsp3) is 0. The van der Waals surface area contributed by atoms with Crippen molar-refractivity contribution in [2.45, 2.75) is 9.92 Å². The molecule has 2 aromatic carbocycles. The van der Waals surface area contributed by atoms with Gasteiger partial charge in [0.1, 0.15) is 5.82 Å². The van der Waals surface area contributed by atoms with Crippen LogP contribution in [0.5, 0.6) is 0 Å². The lowest BCUT2D eigenvalue weighted by Crippen LogP contribution is -1.97. The molecule has 0 aliphatic carbocycles. The zero-order valence-corrected chi connectivity index (χ0v) is 12.7. The Bertz CT molecular complexity index is 899. The van der Waals surface area contributed by atoms with Crippen molar-refractivity contribution in [2.24, 2.45) is 0 Å². The van der Waals surface area contributed by atoms with Crippen molar-refractivity contribution in [3.05, 3.63) is 85.1 Å². The van der Waals surface area contributed by atoms with Crippen LogP contribution in [0.25, 0.3) is 16.7 Å². The third-order valence-corrected chi connectivity index (χ3v) is 4.54. The van der Waals surface area contributed by atoms with E-state index in [9.17, 15) is 0 Å². The summed E-state index contributed by atoms with van der Waals surface area (Å²) < 4.78 is 2.22. The van der Waals surface area contributed by atoms with Gasteiger partial charge in [0.05, 0.1) is 10.5 Å². The highest BCUT2D eigenvalue weighted by Crippen LogP contribution is 2.34. The van der Waals surface area contributed by atoms with Gasteiger partial charge in [-0.15, -0.1) is 0 Å². The van der Waals surface area contributed by atoms with Gasteiger partial charge < -0.3 is 0 Å². The molecule has 0 aliphatic rings. The van der Waals surface area contributed by atoms with E-state index in [2.05, 4.69) is 64.1 Å². The molecular formula is C19H14N2S. The van der Waals surface area contributed by atoms with Crippen LogP contribution in [-0.4, -0.2) is 9.55 Å². The number of hydrogen-bond acceptors (Lipinski definition) is 2. The minimum absolute atomic E-state index is 0.946. The lowest BCUT2D eigenvalue weighted by atomic mass is 10.2.